The highest BCUT2D eigenvalue weighted by Gasteiger charge is 2.11. The zero-order chi connectivity index (χ0) is 11.3. The highest BCUT2D eigenvalue weighted by molar-refractivity contribution is 5.75. The van der Waals surface area contributed by atoms with Crippen molar-refractivity contribution >= 4 is 5.97 Å². The van der Waals surface area contributed by atoms with Crippen molar-refractivity contribution in [2.75, 3.05) is 7.11 Å². The highest BCUT2D eigenvalue weighted by Crippen LogP contribution is 1.98. The topological polar surface area (TPSA) is 56.2 Å². The second kappa shape index (κ2) is 5.50. The molecule has 84 valence electrons. The fourth-order valence-corrected chi connectivity index (χ4v) is 1.20. The molecule has 0 bridgehead atoms. The Bertz CT molecular complexity index is 322. The van der Waals surface area contributed by atoms with Gasteiger partial charge in [-0.2, -0.15) is 5.10 Å². The second-order valence-electron chi connectivity index (χ2n) is 3.33. The number of nitrogens with one attached hydrogen (secondary N) is 1. The Labute approximate surface area is 89.4 Å². The Balaban J connectivity index is 2.39. The molecule has 0 fully saturated rings. The van der Waals surface area contributed by atoms with Crippen molar-refractivity contribution < 1.29 is 9.53 Å². The number of ether oxygens (including phenoxy) is 1. The molecule has 1 N–H and O–H groups in total. The molecule has 0 aliphatic carbocycles. The van der Waals surface area contributed by atoms with Gasteiger partial charge in [-0.1, -0.05) is 0 Å². The summed E-state index contributed by atoms with van der Waals surface area (Å²) in [7, 11) is 1.38. The van der Waals surface area contributed by atoms with Gasteiger partial charge in [0.2, 0.25) is 0 Å². The van der Waals surface area contributed by atoms with Gasteiger partial charge in [-0.3, -0.25) is 9.48 Å². The standard InChI is InChI=1S/C10H17N3O2/c1-4-13-7-9(6-12-13)5-11-8(2)10(14)15-3/h6-8,11H,4-5H2,1-3H3/t8-/m0/s1. The lowest BCUT2D eigenvalue weighted by atomic mass is 10.3. The minimum absolute atomic E-state index is 0.252. The molecule has 0 aromatic carbocycles. The van der Waals surface area contributed by atoms with Gasteiger partial charge in [-0.25, -0.2) is 0 Å². The molecule has 0 spiro atoms. The van der Waals surface area contributed by atoms with Crippen LogP contribution < -0.4 is 5.32 Å². The molecule has 0 unspecified atom stereocenters. The third-order valence-electron chi connectivity index (χ3n) is 2.18. The van der Waals surface area contributed by atoms with E-state index in [0.717, 1.165) is 12.1 Å². The number of hydrogen-bond acceptors (Lipinski definition) is 4. The predicted octanol–water partition coefficient (Wildman–Crippen LogP) is 0.554. The van der Waals surface area contributed by atoms with Crippen molar-refractivity contribution in [3.63, 3.8) is 0 Å². The monoisotopic (exact) mass is 211 g/mol. The van der Waals surface area contributed by atoms with E-state index in [2.05, 4.69) is 15.2 Å². The molecule has 1 aromatic heterocycles. The van der Waals surface area contributed by atoms with Gasteiger partial charge in [0.15, 0.2) is 0 Å². The van der Waals surface area contributed by atoms with Crippen LogP contribution in [0.1, 0.15) is 19.4 Å². The van der Waals surface area contributed by atoms with E-state index in [4.69, 9.17) is 0 Å². The lowest BCUT2D eigenvalue weighted by Gasteiger charge is -2.09. The quantitative estimate of drug-likeness (QED) is 0.723. The van der Waals surface area contributed by atoms with Gasteiger partial charge < -0.3 is 10.1 Å². The van der Waals surface area contributed by atoms with E-state index in [1.165, 1.54) is 7.11 Å². The summed E-state index contributed by atoms with van der Waals surface area (Å²) in [6.07, 6.45) is 3.75. The van der Waals surface area contributed by atoms with Crippen LogP contribution in [0.4, 0.5) is 0 Å². The molecular formula is C10H17N3O2. The first-order valence-corrected chi connectivity index (χ1v) is 5.00. The molecule has 1 aromatic rings. The number of carbonyl (C=O) groups excluding carboxylic acids is 1. The number of rotatable bonds is 5. The van der Waals surface area contributed by atoms with E-state index in [9.17, 15) is 4.79 Å². The second-order valence-corrected chi connectivity index (χ2v) is 3.33. The zero-order valence-electron chi connectivity index (χ0n) is 9.36. The number of aryl methyl sites for hydroxylation is 1. The van der Waals surface area contributed by atoms with Crippen molar-refractivity contribution in [1.29, 1.82) is 0 Å². The molecule has 0 aliphatic rings. The van der Waals surface area contributed by atoms with Crippen LogP contribution in [0.25, 0.3) is 0 Å². The third-order valence-corrected chi connectivity index (χ3v) is 2.18. The minimum atomic E-state index is -0.292. The largest absolute Gasteiger partial charge is 0.468 e. The lowest BCUT2D eigenvalue weighted by Crippen LogP contribution is -2.34. The van der Waals surface area contributed by atoms with Crippen LogP contribution in [-0.4, -0.2) is 28.9 Å². The lowest BCUT2D eigenvalue weighted by molar-refractivity contribution is -0.142. The van der Waals surface area contributed by atoms with Gasteiger partial charge in [-0.15, -0.1) is 0 Å². The molecular weight excluding hydrogens is 194 g/mol. The van der Waals surface area contributed by atoms with Gasteiger partial charge >= 0.3 is 5.97 Å². The van der Waals surface area contributed by atoms with Crippen molar-refractivity contribution in [2.24, 2.45) is 0 Å². The maximum Gasteiger partial charge on any atom is 0.322 e. The maximum atomic E-state index is 11.1. The molecule has 0 amide bonds. The molecule has 0 saturated heterocycles. The molecule has 5 heteroatoms. The van der Waals surface area contributed by atoms with Gasteiger partial charge in [0.1, 0.15) is 6.04 Å². The van der Waals surface area contributed by atoms with E-state index in [1.807, 2.05) is 17.8 Å². The summed E-state index contributed by atoms with van der Waals surface area (Å²) in [6, 6.07) is -0.292. The van der Waals surface area contributed by atoms with Crippen LogP contribution >= 0.6 is 0 Å². The van der Waals surface area contributed by atoms with Crippen molar-refractivity contribution in [1.82, 2.24) is 15.1 Å². The summed E-state index contributed by atoms with van der Waals surface area (Å²) in [5.74, 6) is -0.252. The molecule has 0 aliphatic heterocycles. The van der Waals surface area contributed by atoms with E-state index < -0.39 is 0 Å². The van der Waals surface area contributed by atoms with Crippen molar-refractivity contribution in [3.05, 3.63) is 18.0 Å². The predicted molar refractivity (Wildman–Crippen MR) is 56.2 cm³/mol. The first kappa shape index (κ1) is 11.7. The normalized spacial score (nSPS) is 12.5. The third kappa shape index (κ3) is 3.36. The first-order valence-electron chi connectivity index (χ1n) is 5.00. The van der Waals surface area contributed by atoms with Crippen LogP contribution in [0.2, 0.25) is 0 Å². The minimum Gasteiger partial charge on any atom is -0.468 e. The molecule has 1 atom stereocenters. The van der Waals surface area contributed by atoms with E-state index in [-0.39, 0.29) is 12.0 Å². The number of nitrogens with zero attached hydrogens (tertiary/aromatic N) is 2. The highest BCUT2D eigenvalue weighted by atomic mass is 16.5. The number of esters is 1. The van der Waals surface area contributed by atoms with E-state index >= 15 is 0 Å². The Hall–Kier alpha value is -1.36. The van der Waals surface area contributed by atoms with Gasteiger partial charge in [0.25, 0.3) is 0 Å². The Kier molecular flexibility index (Phi) is 4.30. The first-order chi connectivity index (χ1) is 7.17. The summed E-state index contributed by atoms with van der Waals surface area (Å²) < 4.78 is 6.45. The summed E-state index contributed by atoms with van der Waals surface area (Å²) in [4.78, 5) is 11.1. The van der Waals surface area contributed by atoms with Gasteiger partial charge in [0.05, 0.1) is 13.3 Å². The number of aromatic nitrogens is 2. The van der Waals surface area contributed by atoms with E-state index in [0.29, 0.717) is 6.54 Å². The summed E-state index contributed by atoms with van der Waals surface area (Å²) >= 11 is 0. The summed E-state index contributed by atoms with van der Waals surface area (Å²) in [5, 5.41) is 7.20. The van der Waals surface area contributed by atoms with E-state index in [1.54, 1.807) is 13.1 Å². The van der Waals surface area contributed by atoms with Gasteiger partial charge in [-0.05, 0) is 13.8 Å². The average molecular weight is 211 g/mol. The van der Waals surface area contributed by atoms with Crippen LogP contribution in [-0.2, 0) is 22.6 Å². The number of carbonyl (C=O) groups is 1. The van der Waals surface area contributed by atoms with Crippen LogP contribution in [0.15, 0.2) is 12.4 Å². The van der Waals surface area contributed by atoms with Crippen molar-refractivity contribution in [2.45, 2.75) is 33.0 Å². The van der Waals surface area contributed by atoms with Crippen LogP contribution in [0.5, 0.6) is 0 Å². The van der Waals surface area contributed by atoms with Crippen molar-refractivity contribution in [3.8, 4) is 0 Å². The maximum absolute atomic E-state index is 11.1. The number of methoxy groups -OCH3 is 1. The van der Waals surface area contributed by atoms with Crippen LogP contribution in [0, 0.1) is 0 Å². The molecule has 5 nitrogen and oxygen atoms in total. The van der Waals surface area contributed by atoms with Crippen LogP contribution in [0.3, 0.4) is 0 Å². The summed E-state index contributed by atoms with van der Waals surface area (Å²) in [6.45, 7) is 5.28. The van der Waals surface area contributed by atoms with Gasteiger partial charge in [0, 0.05) is 24.8 Å². The average Bonchev–Trinajstić information content (AvgIpc) is 2.72. The molecule has 1 heterocycles. The summed E-state index contributed by atoms with van der Waals surface area (Å²) in [5.41, 5.74) is 1.06. The molecule has 15 heavy (non-hydrogen) atoms. The SMILES string of the molecule is CCn1cc(CN[C@@H](C)C(=O)OC)cn1. The number of hydrogen-bond donors (Lipinski definition) is 1. The molecule has 1 rings (SSSR count). The fraction of sp³-hybridized carbons (Fsp3) is 0.600. The molecule has 0 saturated carbocycles. The smallest absolute Gasteiger partial charge is 0.322 e. The fourth-order valence-electron chi connectivity index (χ4n) is 1.20. The molecule has 0 radical (unpaired) electrons. The zero-order valence-corrected chi connectivity index (χ0v) is 9.36. The Morgan fingerprint density at radius 2 is 2.47 bits per heavy atom. The Morgan fingerprint density at radius 3 is 3.00 bits per heavy atom. The Morgan fingerprint density at radius 1 is 1.73 bits per heavy atom.